The van der Waals surface area contributed by atoms with Crippen LogP contribution in [0.5, 0.6) is 0 Å². The van der Waals surface area contributed by atoms with Gasteiger partial charge in [0.05, 0.1) is 16.7 Å². The zero-order chi connectivity index (χ0) is 18.0. The number of nitrogens with zero attached hydrogens (tertiary/aromatic N) is 1. The Morgan fingerprint density at radius 3 is 2.28 bits per heavy atom. The largest absolute Gasteiger partial charge is 0.478 e. The minimum Gasteiger partial charge on any atom is -0.478 e. The molecule has 1 aliphatic rings. The number of aromatic carboxylic acids is 1. The van der Waals surface area contributed by atoms with Crippen LogP contribution < -0.4 is 0 Å². The van der Waals surface area contributed by atoms with Gasteiger partial charge in [0.2, 0.25) is 0 Å². The average molecular weight is 347 g/mol. The van der Waals surface area contributed by atoms with Gasteiger partial charge in [-0.2, -0.15) is 0 Å². The van der Waals surface area contributed by atoms with E-state index in [4.69, 9.17) is 5.11 Å². The Morgan fingerprint density at radius 2 is 1.68 bits per heavy atom. The van der Waals surface area contributed by atoms with Crippen LogP contribution >= 0.6 is 0 Å². The fourth-order valence-electron chi connectivity index (χ4n) is 3.33. The lowest BCUT2D eigenvalue weighted by molar-refractivity contribution is -0.0329. The molecule has 3 rings (SSSR count). The average Bonchev–Trinajstić information content (AvgIpc) is 2.57. The predicted octanol–water partition coefficient (Wildman–Crippen LogP) is 3.15. The molecule has 6 heteroatoms. The number of benzene rings is 2. The molecule has 2 aromatic rings. The molecule has 1 aliphatic heterocycles. The zero-order valence-corrected chi connectivity index (χ0v) is 13.6. The van der Waals surface area contributed by atoms with Crippen LogP contribution in [-0.2, 0) is 12.1 Å². The first-order valence-electron chi connectivity index (χ1n) is 8.10. The lowest BCUT2D eigenvalue weighted by atomic mass is 9.83. The summed E-state index contributed by atoms with van der Waals surface area (Å²) < 4.78 is 28.0. The second-order valence-corrected chi connectivity index (χ2v) is 6.41. The Kier molecular flexibility index (Phi) is 4.83. The molecule has 0 amide bonds. The van der Waals surface area contributed by atoms with Gasteiger partial charge in [-0.25, -0.2) is 13.6 Å². The molecule has 0 spiro atoms. The molecule has 0 saturated carbocycles. The Labute approximate surface area is 144 Å². The molecule has 0 aliphatic carbocycles. The van der Waals surface area contributed by atoms with Crippen LogP contribution in [0.15, 0.2) is 42.5 Å². The molecule has 0 unspecified atom stereocenters. The molecule has 0 atom stereocenters. The van der Waals surface area contributed by atoms with Crippen molar-refractivity contribution in [3.8, 4) is 0 Å². The number of rotatable bonds is 4. The third kappa shape index (κ3) is 3.70. The van der Waals surface area contributed by atoms with Gasteiger partial charge in [-0.15, -0.1) is 0 Å². The maximum atomic E-state index is 14.0. The maximum absolute atomic E-state index is 14.0. The van der Waals surface area contributed by atoms with Gasteiger partial charge in [-0.1, -0.05) is 18.2 Å². The number of likely N-dealkylation sites (tertiary alicyclic amines) is 1. The summed E-state index contributed by atoms with van der Waals surface area (Å²) in [5.74, 6) is -2.44. The van der Waals surface area contributed by atoms with Crippen molar-refractivity contribution in [3.63, 3.8) is 0 Å². The SMILES string of the molecule is O=C(O)c1cccc(CN2CCC(O)(c3c(F)cccc3F)CC2)c1. The van der Waals surface area contributed by atoms with Crippen LogP contribution in [0, 0.1) is 11.6 Å². The number of halogens is 2. The van der Waals surface area contributed by atoms with Gasteiger partial charge in [-0.3, -0.25) is 4.90 Å². The van der Waals surface area contributed by atoms with Gasteiger partial charge in [0, 0.05) is 19.6 Å². The molecule has 4 nitrogen and oxygen atoms in total. The van der Waals surface area contributed by atoms with Crippen molar-refractivity contribution in [1.82, 2.24) is 4.90 Å². The van der Waals surface area contributed by atoms with Crippen LogP contribution in [0.25, 0.3) is 0 Å². The number of carbonyl (C=O) groups is 1. The van der Waals surface area contributed by atoms with E-state index in [9.17, 15) is 18.7 Å². The molecule has 2 N–H and O–H groups in total. The van der Waals surface area contributed by atoms with Gasteiger partial charge in [0.1, 0.15) is 11.6 Å². The van der Waals surface area contributed by atoms with E-state index in [1.165, 1.54) is 12.1 Å². The number of carboxylic acid groups (broad SMARTS) is 1. The van der Waals surface area contributed by atoms with E-state index < -0.39 is 23.2 Å². The molecule has 1 fully saturated rings. The molecular formula is C19H19F2NO3. The summed E-state index contributed by atoms with van der Waals surface area (Å²) >= 11 is 0. The van der Waals surface area contributed by atoms with Crippen molar-refractivity contribution in [2.24, 2.45) is 0 Å². The van der Waals surface area contributed by atoms with Crippen molar-refractivity contribution in [2.75, 3.05) is 13.1 Å². The fourth-order valence-corrected chi connectivity index (χ4v) is 3.33. The van der Waals surface area contributed by atoms with Gasteiger partial charge in [-0.05, 0) is 42.7 Å². The molecule has 1 heterocycles. The van der Waals surface area contributed by atoms with Gasteiger partial charge in [0.15, 0.2) is 0 Å². The van der Waals surface area contributed by atoms with E-state index in [1.54, 1.807) is 12.1 Å². The summed E-state index contributed by atoms with van der Waals surface area (Å²) in [7, 11) is 0. The Bertz CT molecular complexity index is 766. The Balaban J connectivity index is 1.70. The summed E-state index contributed by atoms with van der Waals surface area (Å²) in [5, 5.41) is 19.8. The second kappa shape index (κ2) is 6.90. The van der Waals surface area contributed by atoms with E-state index >= 15 is 0 Å². The molecule has 0 radical (unpaired) electrons. The summed E-state index contributed by atoms with van der Waals surface area (Å²) in [6.45, 7) is 1.44. The highest BCUT2D eigenvalue weighted by Gasteiger charge is 2.38. The van der Waals surface area contributed by atoms with Crippen molar-refractivity contribution < 1.29 is 23.8 Å². The first-order chi connectivity index (χ1) is 11.9. The van der Waals surface area contributed by atoms with E-state index in [-0.39, 0.29) is 24.0 Å². The third-order valence-corrected chi connectivity index (χ3v) is 4.69. The van der Waals surface area contributed by atoms with Crippen molar-refractivity contribution >= 4 is 5.97 Å². The van der Waals surface area contributed by atoms with E-state index in [0.29, 0.717) is 19.6 Å². The molecule has 0 bridgehead atoms. The minimum absolute atomic E-state index is 0.212. The monoisotopic (exact) mass is 347 g/mol. The van der Waals surface area contributed by atoms with Crippen LogP contribution in [0.4, 0.5) is 8.78 Å². The first kappa shape index (κ1) is 17.5. The topological polar surface area (TPSA) is 60.8 Å². The highest BCUT2D eigenvalue weighted by Crippen LogP contribution is 2.36. The normalized spacial score (nSPS) is 17.4. The fraction of sp³-hybridized carbons (Fsp3) is 0.316. The molecule has 25 heavy (non-hydrogen) atoms. The van der Waals surface area contributed by atoms with Gasteiger partial charge >= 0.3 is 5.97 Å². The van der Waals surface area contributed by atoms with E-state index in [1.807, 2.05) is 11.0 Å². The van der Waals surface area contributed by atoms with Crippen LogP contribution in [0.1, 0.15) is 34.3 Å². The molecule has 1 saturated heterocycles. The van der Waals surface area contributed by atoms with Crippen molar-refractivity contribution in [3.05, 3.63) is 70.8 Å². The maximum Gasteiger partial charge on any atom is 0.335 e. The van der Waals surface area contributed by atoms with Crippen LogP contribution in [-0.4, -0.2) is 34.2 Å². The molecule has 2 aromatic carbocycles. The smallest absolute Gasteiger partial charge is 0.335 e. The van der Waals surface area contributed by atoms with E-state index in [2.05, 4.69) is 0 Å². The summed E-state index contributed by atoms with van der Waals surface area (Å²) in [4.78, 5) is 13.1. The summed E-state index contributed by atoms with van der Waals surface area (Å²) in [5.41, 5.74) is -0.709. The number of piperidine rings is 1. The lowest BCUT2D eigenvalue weighted by Crippen LogP contribution is -2.43. The molecule has 132 valence electrons. The van der Waals surface area contributed by atoms with Gasteiger partial charge in [0.25, 0.3) is 0 Å². The van der Waals surface area contributed by atoms with Crippen molar-refractivity contribution in [1.29, 1.82) is 0 Å². The van der Waals surface area contributed by atoms with Gasteiger partial charge < -0.3 is 10.2 Å². The summed E-state index contributed by atoms with van der Waals surface area (Å²) in [6, 6.07) is 10.3. The van der Waals surface area contributed by atoms with Crippen LogP contribution in [0.2, 0.25) is 0 Å². The highest BCUT2D eigenvalue weighted by molar-refractivity contribution is 5.87. The number of carboxylic acids is 1. The quantitative estimate of drug-likeness (QED) is 0.892. The minimum atomic E-state index is -1.52. The standard InChI is InChI=1S/C19H19F2NO3/c20-15-5-2-6-16(21)17(15)19(25)7-9-22(10-8-19)12-13-3-1-4-14(11-13)18(23)24/h1-6,11,25H,7-10,12H2,(H,23,24). The van der Waals surface area contributed by atoms with Crippen molar-refractivity contribution in [2.45, 2.75) is 25.0 Å². The third-order valence-electron chi connectivity index (χ3n) is 4.69. The number of aliphatic hydroxyl groups is 1. The Morgan fingerprint density at radius 1 is 1.08 bits per heavy atom. The lowest BCUT2D eigenvalue weighted by Gasteiger charge is -2.38. The highest BCUT2D eigenvalue weighted by atomic mass is 19.1. The Hall–Kier alpha value is -2.31. The predicted molar refractivity (Wildman–Crippen MR) is 88.2 cm³/mol. The molecular weight excluding hydrogens is 328 g/mol. The number of hydrogen-bond donors (Lipinski definition) is 2. The summed E-state index contributed by atoms with van der Waals surface area (Å²) in [6.07, 6.45) is 0.424. The molecule has 0 aromatic heterocycles. The van der Waals surface area contributed by atoms with E-state index in [0.717, 1.165) is 17.7 Å². The first-order valence-corrected chi connectivity index (χ1v) is 8.10. The second-order valence-electron chi connectivity index (χ2n) is 6.41. The van der Waals surface area contributed by atoms with Crippen LogP contribution in [0.3, 0.4) is 0 Å². The zero-order valence-electron chi connectivity index (χ0n) is 13.6. The number of hydrogen-bond acceptors (Lipinski definition) is 3.